The van der Waals surface area contributed by atoms with E-state index in [1.807, 2.05) is 0 Å². The molecule has 0 spiro atoms. The van der Waals surface area contributed by atoms with E-state index in [9.17, 15) is 0 Å². The molecule has 0 radical (unpaired) electrons. The standard InChI is InChI=1S/C72H61N3/c1-49-36-37-52(48-73(54-24-9-6-10-25-54)70-35-20-17-30-61(49)70)50-22-21-23-51(42-50)53-43-59(74(55-26-11-7-12-27-55)57-38-40-64-62-31-15-18-33-66(62)71(2,3)68(64)46-57)45-60(44-53)75(56-28-13-8-14-29-56)58-39-41-65-63-32-16-19-34-67(63)72(4,5)69(65)47-58/h6-18,20-33,35-48,62,66H,1,19,34H2,2-5H3/b37-36-,52-48+. The van der Waals surface area contributed by atoms with Crippen LogP contribution in [0.2, 0.25) is 0 Å². The summed E-state index contributed by atoms with van der Waals surface area (Å²) in [5, 5.41) is 0. The van der Waals surface area contributed by atoms with E-state index in [4.69, 9.17) is 0 Å². The predicted octanol–water partition coefficient (Wildman–Crippen LogP) is 19.6. The van der Waals surface area contributed by atoms with Gasteiger partial charge in [0.05, 0.1) is 5.69 Å². The molecule has 0 bridgehead atoms. The third-order valence-corrected chi connectivity index (χ3v) is 16.7. The molecule has 75 heavy (non-hydrogen) atoms. The van der Waals surface area contributed by atoms with Gasteiger partial charge in [-0.15, -0.1) is 0 Å². The van der Waals surface area contributed by atoms with Crippen LogP contribution in [0.25, 0.3) is 27.8 Å². The Balaban J connectivity index is 1.02. The molecule has 8 aromatic rings. The summed E-state index contributed by atoms with van der Waals surface area (Å²) in [6.07, 6.45) is 22.8. The maximum Gasteiger partial charge on any atom is 0.0533 e. The van der Waals surface area contributed by atoms with Crippen LogP contribution in [0.3, 0.4) is 0 Å². The average molecular weight is 968 g/mol. The zero-order valence-electron chi connectivity index (χ0n) is 43.3. The molecule has 2 unspecified atom stereocenters. The molecule has 1 aliphatic heterocycles. The summed E-state index contributed by atoms with van der Waals surface area (Å²) >= 11 is 0. The quantitative estimate of drug-likeness (QED) is 0.143. The summed E-state index contributed by atoms with van der Waals surface area (Å²) in [5.74, 6) is 0.773. The smallest absolute Gasteiger partial charge is 0.0533 e. The molecule has 364 valence electrons. The third kappa shape index (κ3) is 7.97. The lowest BCUT2D eigenvalue weighted by Gasteiger charge is -2.32. The van der Waals surface area contributed by atoms with Crippen molar-refractivity contribution in [2.75, 3.05) is 14.7 Å². The Bertz CT molecular complexity index is 3750. The van der Waals surface area contributed by atoms with Gasteiger partial charge in [0, 0.05) is 62.9 Å². The highest BCUT2D eigenvalue weighted by atomic mass is 15.2. The number of benzene rings is 8. The van der Waals surface area contributed by atoms with Gasteiger partial charge in [-0.1, -0.05) is 192 Å². The second-order valence-corrected chi connectivity index (χ2v) is 21.8. The van der Waals surface area contributed by atoms with E-state index < -0.39 is 0 Å². The van der Waals surface area contributed by atoms with Crippen molar-refractivity contribution in [3.05, 3.63) is 294 Å². The van der Waals surface area contributed by atoms with Crippen LogP contribution in [0.5, 0.6) is 0 Å². The lowest BCUT2D eigenvalue weighted by Crippen LogP contribution is -2.24. The minimum Gasteiger partial charge on any atom is -0.316 e. The first-order chi connectivity index (χ1) is 36.6. The Morgan fingerprint density at radius 1 is 0.507 bits per heavy atom. The Morgan fingerprint density at radius 2 is 1.15 bits per heavy atom. The lowest BCUT2D eigenvalue weighted by atomic mass is 9.74. The molecule has 0 amide bonds. The first-order valence-electron chi connectivity index (χ1n) is 26.7. The van der Waals surface area contributed by atoms with E-state index >= 15 is 0 Å². The number of anilines is 8. The Labute approximate surface area is 443 Å². The van der Waals surface area contributed by atoms with Gasteiger partial charge in [-0.05, 0) is 171 Å². The molecular formula is C72H61N3. The van der Waals surface area contributed by atoms with Crippen molar-refractivity contribution in [2.24, 2.45) is 5.92 Å². The van der Waals surface area contributed by atoms with E-state index in [2.05, 4.69) is 298 Å². The van der Waals surface area contributed by atoms with Gasteiger partial charge in [0.15, 0.2) is 0 Å². The minimum atomic E-state index is -0.0829. The topological polar surface area (TPSA) is 9.72 Å². The van der Waals surface area contributed by atoms with Gasteiger partial charge in [-0.3, -0.25) is 0 Å². The van der Waals surface area contributed by atoms with E-state index in [1.54, 1.807) is 5.57 Å². The fourth-order valence-electron chi connectivity index (χ4n) is 12.9. The largest absolute Gasteiger partial charge is 0.316 e. The first-order valence-corrected chi connectivity index (χ1v) is 26.7. The van der Waals surface area contributed by atoms with Crippen LogP contribution >= 0.6 is 0 Å². The van der Waals surface area contributed by atoms with Crippen LogP contribution in [-0.2, 0) is 10.8 Å². The zero-order chi connectivity index (χ0) is 50.8. The summed E-state index contributed by atoms with van der Waals surface area (Å²) in [7, 11) is 0. The van der Waals surface area contributed by atoms with Gasteiger partial charge >= 0.3 is 0 Å². The van der Waals surface area contributed by atoms with Crippen LogP contribution in [0.1, 0.15) is 79.8 Å². The second-order valence-electron chi connectivity index (χ2n) is 21.8. The van der Waals surface area contributed by atoms with E-state index in [-0.39, 0.29) is 10.8 Å². The van der Waals surface area contributed by atoms with Gasteiger partial charge in [0.25, 0.3) is 0 Å². The van der Waals surface area contributed by atoms with Crippen LogP contribution in [-0.4, -0.2) is 0 Å². The van der Waals surface area contributed by atoms with Crippen molar-refractivity contribution in [3.63, 3.8) is 0 Å². The second kappa shape index (κ2) is 18.4. The number of fused-ring (bicyclic) bond motifs is 6. The van der Waals surface area contributed by atoms with Gasteiger partial charge < -0.3 is 14.7 Å². The fraction of sp³-hybridized carbons (Fsp3) is 0.139. The average Bonchev–Trinajstić information content (AvgIpc) is 3.90. The predicted molar refractivity (Wildman–Crippen MR) is 318 cm³/mol. The highest BCUT2D eigenvalue weighted by Gasteiger charge is 2.45. The number of hydrogen-bond donors (Lipinski definition) is 0. The molecule has 8 aromatic carbocycles. The minimum absolute atomic E-state index is 0.0485. The van der Waals surface area contributed by atoms with Crippen molar-refractivity contribution < 1.29 is 0 Å². The van der Waals surface area contributed by atoms with Crippen molar-refractivity contribution in [1.29, 1.82) is 0 Å². The summed E-state index contributed by atoms with van der Waals surface area (Å²) in [6.45, 7) is 14.2. The molecule has 0 aromatic heterocycles. The SMILES string of the molecule is C=C1/C=C\C(c2cccc(-c3cc(N(c4ccccc4)c4ccc5c(c4)C(C)(C)C4=C5C=CCC4)cc(N(c4ccccc4)c4ccc5c(c4)C(C)(C)C4C=CC=CC54)c3)c2)=C/N(c2ccccc2)c2ccccc21. The molecule has 0 N–H and O–H groups in total. The molecule has 4 aliphatic carbocycles. The van der Waals surface area contributed by atoms with Gasteiger partial charge in [0.1, 0.15) is 0 Å². The molecule has 13 rings (SSSR count). The van der Waals surface area contributed by atoms with Crippen LogP contribution in [0, 0.1) is 5.92 Å². The van der Waals surface area contributed by atoms with Gasteiger partial charge in [-0.25, -0.2) is 0 Å². The fourth-order valence-corrected chi connectivity index (χ4v) is 12.9. The number of hydrogen-bond acceptors (Lipinski definition) is 3. The zero-order valence-corrected chi connectivity index (χ0v) is 43.3. The molecule has 3 nitrogen and oxygen atoms in total. The highest BCUT2D eigenvalue weighted by Crippen LogP contribution is 2.56. The van der Waals surface area contributed by atoms with Crippen molar-refractivity contribution in [3.8, 4) is 11.1 Å². The summed E-state index contributed by atoms with van der Waals surface area (Å²) in [4.78, 5) is 7.25. The summed E-state index contributed by atoms with van der Waals surface area (Å²) in [6, 6.07) is 71.7. The molecule has 5 aliphatic rings. The molecule has 0 fully saturated rings. The van der Waals surface area contributed by atoms with Crippen molar-refractivity contribution in [1.82, 2.24) is 0 Å². The van der Waals surface area contributed by atoms with Crippen molar-refractivity contribution in [2.45, 2.75) is 57.3 Å². The summed E-state index contributed by atoms with van der Waals surface area (Å²) < 4.78 is 0. The van der Waals surface area contributed by atoms with Gasteiger partial charge in [-0.2, -0.15) is 0 Å². The monoisotopic (exact) mass is 967 g/mol. The Hall–Kier alpha value is -8.66. The Kier molecular flexibility index (Phi) is 11.3. The number of rotatable bonds is 9. The van der Waals surface area contributed by atoms with E-state index in [0.29, 0.717) is 11.8 Å². The molecule has 1 heterocycles. The lowest BCUT2D eigenvalue weighted by molar-refractivity contribution is 0.394. The molecular weight excluding hydrogens is 907 g/mol. The number of para-hydroxylation sites is 4. The van der Waals surface area contributed by atoms with Gasteiger partial charge in [0.2, 0.25) is 0 Å². The number of nitrogens with zero attached hydrogens (tertiary/aromatic N) is 3. The molecule has 0 saturated heterocycles. The maximum absolute atomic E-state index is 4.56. The van der Waals surface area contributed by atoms with Crippen molar-refractivity contribution >= 4 is 62.2 Å². The van der Waals surface area contributed by atoms with E-state index in [1.165, 1.54) is 27.8 Å². The molecule has 3 heteroatoms. The van der Waals surface area contributed by atoms with Crippen LogP contribution in [0.4, 0.5) is 45.5 Å². The highest BCUT2D eigenvalue weighted by molar-refractivity contribution is 5.94. The Morgan fingerprint density at radius 3 is 1.88 bits per heavy atom. The summed E-state index contributed by atoms with van der Waals surface area (Å²) in [5.41, 5.74) is 23.7. The maximum atomic E-state index is 4.56. The van der Waals surface area contributed by atoms with Crippen LogP contribution < -0.4 is 14.7 Å². The first kappa shape index (κ1) is 46.1. The molecule has 0 saturated carbocycles. The molecule has 2 atom stereocenters. The van der Waals surface area contributed by atoms with Crippen LogP contribution in [0.15, 0.2) is 261 Å². The third-order valence-electron chi connectivity index (χ3n) is 16.7. The number of allylic oxidation sites excluding steroid dienone is 12. The normalized spacial score (nSPS) is 19.4. The van der Waals surface area contributed by atoms with E-state index in [0.717, 1.165) is 91.7 Å².